The quantitative estimate of drug-likeness (QED) is 0.594. The third-order valence-electron chi connectivity index (χ3n) is 1.66. The van der Waals surface area contributed by atoms with Crippen molar-refractivity contribution in [3.8, 4) is 0 Å². The molecule has 0 unspecified atom stereocenters. The minimum absolute atomic E-state index is 0.279. The van der Waals surface area contributed by atoms with Crippen LogP contribution < -0.4 is 5.43 Å². The zero-order valence-corrected chi connectivity index (χ0v) is 10.1. The molecule has 0 saturated carbocycles. The summed E-state index contributed by atoms with van der Waals surface area (Å²) >= 11 is 2.09. The first-order valence-corrected chi connectivity index (χ1v) is 5.50. The van der Waals surface area contributed by atoms with E-state index in [4.69, 9.17) is 4.74 Å². The van der Waals surface area contributed by atoms with Gasteiger partial charge in [0.1, 0.15) is 0 Å². The summed E-state index contributed by atoms with van der Waals surface area (Å²) in [5, 5.41) is 1.55. The number of hydrogen-bond acceptors (Lipinski definition) is 3. The molecule has 1 rings (SSSR count). The third kappa shape index (κ3) is 4.12. The third-order valence-corrected chi connectivity index (χ3v) is 1.88. The maximum absolute atomic E-state index is 11.5. The maximum Gasteiger partial charge on any atom is 0.425 e. The summed E-state index contributed by atoms with van der Waals surface area (Å²) in [6.07, 6.45) is 1.89. The molecule has 0 aromatic carbocycles. The number of ether oxygens (including phenoxy) is 1. The zero-order valence-electron chi connectivity index (χ0n) is 7.97. The first kappa shape index (κ1) is 11.0. The molecule has 0 bridgehead atoms. The number of rotatable bonds is 1. The average molecular weight is 298 g/mol. The fraction of sp³-hybridized carbons (Fsp3) is 0.875. The molecular formula is C8H15IN2O2. The normalized spacial score (nSPS) is 18.5. The monoisotopic (exact) mass is 298 g/mol. The van der Waals surface area contributed by atoms with Crippen molar-refractivity contribution in [1.29, 1.82) is 0 Å². The van der Waals surface area contributed by atoms with Gasteiger partial charge in [-0.1, -0.05) is 0 Å². The molecule has 0 aromatic rings. The summed E-state index contributed by atoms with van der Waals surface area (Å²) in [5.74, 6) is 0. The Balaban J connectivity index is 2.38. The van der Waals surface area contributed by atoms with Crippen molar-refractivity contribution in [2.75, 3.05) is 13.1 Å². The largest absolute Gasteiger partial charge is 0.432 e. The van der Waals surface area contributed by atoms with Crippen LogP contribution in [-0.2, 0) is 4.74 Å². The van der Waals surface area contributed by atoms with Gasteiger partial charge in [0.05, 0.1) is 0 Å². The topological polar surface area (TPSA) is 41.6 Å². The van der Waals surface area contributed by atoms with Gasteiger partial charge in [0.2, 0.25) is 0 Å². The average Bonchev–Trinajstić information content (AvgIpc) is 2.03. The molecule has 0 spiro atoms. The minimum Gasteiger partial charge on any atom is -0.432 e. The Morgan fingerprint density at radius 1 is 1.54 bits per heavy atom. The van der Waals surface area contributed by atoms with E-state index in [1.54, 1.807) is 5.01 Å². The molecule has 1 N–H and O–H groups in total. The Labute approximate surface area is 92.1 Å². The van der Waals surface area contributed by atoms with Crippen LogP contribution in [-0.4, -0.2) is 27.8 Å². The molecule has 0 radical (unpaired) electrons. The van der Waals surface area contributed by atoms with Crippen molar-refractivity contribution in [3.63, 3.8) is 0 Å². The number of carbonyl (C=O) groups is 1. The van der Waals surface area contributed by atoms with Crippen LogP contribution in [0.25, 0.3) is 0 Å². The summed E-state index contributed by atoms with van der Waals surface area (Å²) in [4.78, 5) is 11.5. The summed E-state index contributed by atoms with van der Waals surface area (Å²) in [5.41, 5.74) is 3.00. The van der Waals surface area contributed by atoms with Crippen LogP contribution >= 0.6 is 22.6 Å². The molecular weight excluding hydrogens is 283 g/mol. The van der Waals surface area contributed by atoms with Gasteiger partial charge in [0.15, 0.2) is 3.61 Å². The van der Waals surface area contributed by atoms with Crippen LogP contribution in [0.1, 0.15) is 26.7 Å². The van der Waals surface area contributed by atoms with E-state index in [0.29, 0.717) is 0 Å². The van der Waals surface area contributed by atoms with Crippen LogP contribution in [0.3, 0.4) is 0 Å². The molecule has 0 aromatic heterocycles. The highest BCUT2D eigenvalue weighted by Gasteiger charge is 2.24. The van der Waals surface area contributed by atoms with Crippen molar-refractivity contribution < 1.29 is 9.53 Å². The van der Waals surface area contributed by atoms with E-state index in [1.165, 1.54) is 0 Å². The van der Waals surface area contributed by atoms with Gasteiger partial charge in [0.25, 0.3) is 0 Å². The van der Waals surface area contributed by atoms with Crippen molar-refractivity contribution in [2.45, 2.75) is 30.3 Å². The highest BCUT2D eigenvalue weighted by atomic mass is 127. The highest BCUT2D eigenvalue weighted by Crippen LogP contribution is 2.19. The van der Waals surface area contributed by atoms with E-state index < -0.39 is 3.61 Å². The lowest BCUT2D eigenvalue weighted by atomic mass is 10.3. The molecule has 1 aliphatic heterocycles. The van der Waals surface area contributed by atoms with Crippen LogP contribution in [0.4, 0.5) is 4.79 Å². The molecule has 1 aliphatic rings. The maximum atomic E-state index is 11.5. The van der Waals surface area contributed by atoms with Crippen LogP contribution in [0.15, 0.2) is 0 Å². The zero-order chi connectivity index (χ0) is 9.90. The number of amides is 1. The number of alkyl halides is 1. The van der Waals surface area contributed by atoms with Gasteiger partial charge in [-0.3, -0.25) is 0 Å². The fourth-order valence-electron chi connectivity index (χ4n) is 1.11. The van der Waals surface area contributed by atoms with E-state index in [1.807, 2.05) is 13.8 Å². The van der Waals surface area contributed by atoms with Gasteiger partial charge in [-0.25, -0.2) is 15.2 Å². The Morgan fingerprint density at radius 3 is 2.69 bits per heavy atom. The van der Waals surface area contributed by atoms with Gasteiger partial charge in [0, 0.05) is 13.1 Å². The molecule has 13 heavy (non-hydrogen) atoms. The standard InChI is InChI=1S/C8H15IN2O2/c1-8(2,9)13-7(12)11-6-4-3-5-10-11/h10H,3-6H2,1-2H3. The molecule has 0 aliphatic carbocycles. The number of halogens is 1. The van der Waals surface area contributed by atoms with E-state index in [9.17, 15) is 4.79 Å². The molecule has 1 fully saturated rings. The van der Waals surface area contributed by atoms with Crippen LogP contribution in [0.5, 0.6) is 0 Å². The van der Waals surface area contributed by atoms with E-state index in [-0.39, 0.29) is 6.09 Å². The van der Waals surface area contributed by atoms with Gasteiger partial charge in [-0.2, -0.15) is 0 Å². The second-order valence-corrected chi connectivity index (χ2v) is 6.10. The lowest BCUT2D eigenvalue weighted by Gasteiger charge is -2.29. The van der Waals surface area contributed by atoms with Crippen LogP contribution in [0.2, 0.25) is 0 Å². The van der Waals surface area contributed by atoms with Crippen molar-refractivity contribution in [2.24, 2.45) is 0 Å². The van der Waals surface area contributed by atoms with E-state index in [2.05, 4.69) is 28.0 Å². The lowest BCUT2D eigenvalue weighted by Crippen LogP contribution is -2.48. The smallest absolute Gasteiger partial charge is 0.425 e. The molecule has 76 valence electrons. The van der Waals surface area contributed by atoms with Crippen molar-refractivity contribution in [1.82, 2.24) is 10.4 Å². The fourth-order valence-corrected chi connectivity index (χ4v) is 1.29. The number of hydrogen-bond donors (Lipinski definition) is 1. The number of nitrogens with one attached hydrogen (secondary N) is 1. The Hall–Kier alpha value is -0.0400. The second kappa shape index (κ2) is 4.45. The first-order chi connectivity index (χ1) is 5.99. The molecule has 1 saturated heterocycles. The summed E-state index contributed by atoms with van der Waals surface area (Å²) < 4.78 is 4.75. The summed E-state index contributed by atoms with van der Waals surface area (Å²) in [6, 6.07) is 0. The molecule has 1 amide bonds. The Kier molecular flexibility index (Phi) is 3.78. The first-order valence-electron chi connectivity index (χ1n) is 4.42. The predicted molar refractivity (Wildman–Crippen MR) is 58.5 cm³/mol. The van der Waals surface area contributed by atoms with E-state index in [0.717, 1.165) is 25.9 Å². The highest BCUT2D eigenvalue weighted by molar-refractivity contribution is 14.1. The molecule has 1 heterocycles. The minimum atomic E-state index is -0.437. The van der Waals surface area contributed by atoms with Gasteiger partial charge in [-0.05, 0) is 49.3 Å². The van der Waals surface area contributed by atoms with Crippen molar-refractivity contribution >= 4 is 28.7 Å². The lowest BCUT2D eigenvalue weighted by molar-refractivity contribution is 0.0466. The molecule has 0 atom stereocenters. The van der Waals surface area contributed by atoms with Gasteiger partial charge >= 0.3 is 6.09 Å². The number of carbonyl (C=O) groups excluding carboxylic acids is 1. The summed E-state index contributed by atoms with van der Waals surface area (Å²) in [6.45, 7) is 5.31. The predicted octanol–water partition coefficient (Wildman–Crippen LogP) is 1.89. The van der Waals surface area contributed by atoms with Crippen LogP contribution in [0, 0.1) is 0 Å². The molecule has 4 nitrogen and oxygen atoms in total. The molecule has 5 heteroatoms. The SMILES string of the molecule is CC(C)(I)OC(=O)N1CCCCN1. The second-order valence-electron chi connectivity index (χ2n) is 3.50. The Bertz CT molecular complexity index is 185. The Morgan fingerprint density at radius 2 is 2.23 bits per heavy atom. The number of hydrazine groups is 1. The number of nitrogens with zero attached hydrogens (tertiary/aromatic N) is 1. The van der Waals surface area contributed by atoms with Gasteiger partial charge < -0.3 is 4.74 Å². The summed E-state index contributed by atoms with van der Waals surface area (Å²) in [7, 11) is 0. The van der Waals surface area contributed by atoms with Gasteiger partial charge in [-0.15, -0.1) is 0 Å². The van der Waals surface area contributed by atoms with E-state index >= 15 is 0 Å². The van der Waals surface area contributed by atoms with Crippen molar-refractivity contribution in [3.05, 3.63) is 0 Å².